The van der Waals surface area contributed by atoms with E-state index >= 15 is 0 Å². The topological polar surface area (TPSA) is 57.7 Å². The van der Waals surface area contributed by atoms with Crippen LogP contribution in [0.15, 0.2) is 24.3 Å². The Morgan fingerprint density at radius 3 is 2.50 bits per heavy atom. The number of rotatable bonds is 1. The zero-order valence-corrected chi connectivity index (χ0v) is 14.0. The summed E-state index contributed by atoms with van der Waals surface area (Å²) in [5, 5.41) is 0.247. The minimum Gasteiger partial charge on any atom is -0.339 e. The average Bonchev–Trinajstić information content (AvgIpc) is 2.65. The van der Waals surface area contributed by atoms with Crippen LogP contribution in [0, 0.1) is 5.92 Å². The van der Waals surface area contributed by atoms with E-state index in [1.54, 1.807) is 36.2 Å². The molecule has 1 aromatic carbocycles. The van der Waals surface area contributed by atoms with Crippen molar-refractivity contribution in [3.05, 3.63) is 34.9 Å². The molecule has 0 bridgehead atoms. The highest BCUT2D eigenvalue weighted by molar-refractivity contribution is 7.90. The second-order valence-corrected chi connectivity index (χ2v) is 8.70. The molecule has 2 aliphatic rings. The van der Waals surface area contributed by atoms with Gasteiger partial charge in [-0.25, -0.2) is 12.7 Å². The molecule has 0 spiro atoms. The van der Waals surface area contributed by atoms with Gasteiger partial charge in [0, 0.05) is 37.3 Å². The lowest BCUT2D eigenvalue weighted by Gasteiger charge is -2.21. The lowest BCUT2D eigenvalue weighted by molar-refractivity contribution is 0.0759. The Morgan fingerprint density at radius 1 is 1.18 bits per heavy atom. The van der Waals surface area contributed by atoms with Gasteiger partial charge in [0.05, 0.1) is 5.25 Å². The van der Waals surface area contributed by atoms with E-state index in [1.165, 1.54) is 4.31 Å². The molecule has 2 fully saturated rings. The molecule has 1 amide bonds. The number of hydrogen-bond donors (Lipinski definition) is 0. The Bertz CT molecular complexity index is 675. The summed E-state index contributed by atoms with van der Waals surface area (Å²) in [7, 11) is -1.55. The van der Waals surface area contributed by atoms with Crippen LogP contribution in [-0.2, 0) is 10.0 Å². The monoisotopic (exact) mass is 342 g/mol. The van der Waals surface area contributed by atoms with Gasteiger partial charge in [0.25, 0.3) is 5.91 Å². The van der Waals surface area contributed by atoms with Gasteiger partial charge in [-0.2, -0.15) is 0 Å². The number of fused-ring (bicyclic) bond motifs is 1. The van der Waals surface area contributed by atoms with Crippen molar-refractivity contribution in [3.8, 4) is 0 Å². The van der Waals surface area contributed by atoms with Gasteiger partial charge >= 0.3 is 0 Å². The Morgan fingerprint density at radius 2 is 1.82 bits per heavy atom. The number of carbonyl (C=O) groups excluding carboxylic acids is 1. The van der Waals surface area contributed by atoms with Crippen LogP contribution in [0.3, 0.4) is 0 Å². The van der Waals surface area contributed by atoms with Crippen molar-refractivity contribution >= 4 is 27.5 Å². The van der Waals surface area contributed by atoms with E-state index < -0.39 is 10.0 Å². The van der Waals surface area contributed by atoms with Crippen molar-refractivity contribution < 1.29 is 13.2 Å². The van der Waals surface area contributed by atoms with Crippen LogP contribution >= 0.6 is 11.6 Å². The standard InChI is InChI=1S/C15H19ClN2O3S/c1-17-10-12-6-8-18(9-7-14(12)22(17,20)21)15(19)11-2-4-13(16)5-3-11/h2-5,12,14H,6-10H2,1H3/t12-,14-/m1/s1. The zero-order chi connectivity index (χ0) is 15.9. The summed E-state index contributed by atoms with van der Waals surface area (Å²) < 4.78 is 26.0. The molecule has 0 saturated carbocycles. The molecular weight excluding hydrogens is 324 g/mol. The highest BCUT2D eigenvalue weighted by atomic mass is 35.5. The van der Waals surface area contributed by atoms with Crippen LogP contribution in [0.1, 0.15) is 23.2 Å². The molecule has 2 saturated heterocycles. The van der Waals surface area contributed by atoms with Gasteiger partial charge < -0.3 is 4.90 Å². The van der Waals surface area contributed by atoms with Crippen molar-refractivity contribution in [1.29, 1.82) is 0 Å². The minimum absolute atomic E-state index is 0.0533. The molecular formula is C15H19ClN2O3S. The fourth-order valence-corrected chi connectivity index (χ4v) is 5.48. The smallest absolute Gasteiger partial charge is 0.253 e. The first-order chi connectivity index (χ1) is 10.4. The molecule has 2 heterocycles. The molecule has 0 radical (unpaired) electrons. The maximum absolute atomic E-state index is 12.5. The van der Waals surface area contributed by atoms with Gasteiger partial charge in [0.1, 0.15) is 0 Å². The summed E-state index contributed by atoms with van der Waals surface area (Å²) in [6.45, 7) is 1.65. The molecule has 120 valence electrons. The van der Waals surface area contributed by atoms with Crippen LogP contribution in [0.4, 0.5) is 0 Å². The summed E-state index contributed by atoms with van der Waals surface area (Å²) in [6, 6.07) is 6.81. The highest BCUT2D eigenvalue weighted by Gasteiger charge is 2.45. The third-order valence-corrected chi connectivity index (χ3v) is 7.32. The lowest BCUT2D eigenvalue weighted by Crippen LogP contribution is -2.34. The van der Waals surface area contributed by atoms with Crippen molar-refractivity contribution in [1.82, 2.24) is 9.21 Å². The predicted octanol–water partition coefficient (Wildman–Crippen LogP) is 1.84. The van der Waals surface area contributed by atoms with E-state index in [1.807, 2.05) is 0 Å². The Hall–Kier alpha value is -1.11. The number of sulfonamides is 1. The summed E-state index contributed by atoms with van der Waals surface area (Å²) in [5.74, 6) is 0.0698. The molecule has 0 N–H and O–H groups in total. The third kappa shape index (κ3) is 2.75. The van der Waals surface area contributed by atoms with Crippen molar-refractivity contribution in [3.63, 3.8) is 0 Å². The van der Waals surface area contributed by atoms with Crippen molar-refractivity contribution in [2.75, 3.05) is 26.7 Å². The van der Waals surface area contributed by atoms with Crippen LogP contribution in [-0.4, -0.2) is 55.5 Å². The molecule has 2 aliphatic heterocycles. The van der Waals surface area contributed by atoms with Crippen molar-refractivity contribution in [2.24, 2.45) is 5.92 Å². The number of nitrogens with zero attached hydrogens (tertiary/aromatic N) is 2. The summed E-state index contributed by atoms with van der Waals surface area (Å²) in [4.78, 5) is 14.3. The second kappa shape index (κ2) is 5.83. The number of amides is 1. The van der Waals surface area contributed by atoms with Gasteiger partial charge in [0.2, 0.25) is 10.0 Å². The molecule has 0 aliphatic carbocycles. The van der Waals surface area contributed by atoms with Crippen LogP contribution < -0.4 is 0 Å². The highest BCUT2D eigenvalue weighted by Crippen LogP contribution is 2.33. The predicted molar refractivity (Wildman–Crippen MR) is 85.4 cm³/mol. The molecule has 0 aromatic heterocycles. The minimum atomic E-state index is -3.19. The Kier molecular flexibility index (Phi) is 4.18. The fourth-order valence-electron chi connectivity index (χ4n) is 3.38. The fraction of sp³-hybridized carbons (Fsp3) is 0.533. The SMILES string of the molecule is CN1C[C@H]2CCN(C(=O)c3ccc(Cl)cc3)CC[C@H]2S1(=O)=O. The summed E-state index contributed by atoms with van der Waals surface area (Å²) >= 11 is 5.84. The van der Waals surface area contributed by atoms with Gasteiger partial charge in [-0.05, 0) is 43.0 Å². The third-order valence-electron chi connectivity index (χ3n) is 4.67. The summed E-state index contributed by atoms with van der Waals surface area (Å²) in [6.07, 6.45) is 1.24. The van der Waals surface area contributed by atoms with E-state index in [0.29, 0.717) is 36.6 Å². The first-order valence-corrected chi connectivity index (χ1v) is 9.27. The maximum atomic E-state index is 12.5. The van der Waals surface area contributed by atoms with E-state index in [2.05, 4.69) is 0 Å². The number of hydrogen-bond acceptors (Lipinski definition) is 3. The molecule has 3 rings (SSSR count). The molecule has 7 heteroatoms. The first-order valence-electron chi connectivity index (χ1n) is 7.39. The van der Waals surface area contributed by atoms with Crippen LogP contribution in [0.25, 0.3) is 0 Å². The van der Waals surface area contributed by atoms with Crippen LogP contribution in [0.5, 0.6) is 0 Å². The number of likely N-dealkylation sites (tertiary alicyclic amines) is 1. The molecule has 5 nitrogen and oxygen atoms in total. The lowest BCUT2D eigenvalue weighted by atomic mass is 10.0. The quantitative estimate of drug-likeness (QED) is 0.782. The number of halogens is 1. The zero-order valence-electron chi connectivity index (χ0n) is 12.4. The number of carbonyl (C=O) groups is 1. The van der Waals surface area contributed by atoms with Crippen molar-refractivity contribution in [2.45, 2.75) is 18.1 Å². The van der Waals surface area contributed by atoms with E-state index in [4.69, 9.17) is 11.6 Å². The van der Waals surface area contributed by atoms with Gasteiger partial charge in [-0.15, -0.1) is 0 Å². The normalized spacial score (nSPS) is 28.2. The summed E-state index contributed by atoms with van der Waals surface area (Å²) in [5.41, 5.74) is 0.594. The maximum Gasteiger partial charge on any atom is 0.253 e. The molecule has 2 atom stereocenters. The molecule has 1 aromatic rings. The van der Waals surface area contributed by atoms with Crippen LogP contribution in [0.2, 0.25) is 5.02 Å². The second-order valence-electron chi connectivity index (χ2n) is 6.00. The van der Waals surface area contributed by atoms with E-state index in [9.17, 15) is 13.2 Å². The Labute approximate surface area is 135 Å². The van der Waals surface area contributed by atoms with Gasteiger partial charge in [-0.1, -0.05) is 11.6 Å². The molecule has 0 unspecified atom stereocenters. The average molecular weight is 343 g/mol. The molecule has 22 heavy (non-hydrogen) atoms. The first kappa shape index (κ1) is 15.8. The van der Waals surface area contributed by atoms with E-state index in [0.717, 1.165) is 6.42 Å². The van der Waals surface area contributed by atoms with E-state index in [-0.39, 0.29) is 17.1 Å². The van der Waals surface area contributed by atoms with Gasteiger partial charge in [-0.3, -0.25) is 4.79 Å². The number of benzene rings is 1. The largest absolute Gasteiger partial charge is 0.339 e. The Balaban J connectivity index is 1.74. The van der Waals surface area contributed by atoms with Gasteiger partial charge in [0.15, 0.2) is 0 Å².